The van der Waals surface area contributed by atoms with Crippen molar-refractivity contribution in [2.75, 3.05) is 12.4 Å². The summed E-state index contributed by atoms with van der Waals surface area (Å²) in [6, 6.07) is 21.7. The van der Waals surface area contributed by atoms with E-state index in [1.54, 1.807) is 43.5 Å². The molecule has 0 spiro atoms. The maximum absolute atomic E-state index is 12.4. The van der Waals surface area contributed by atoms with E-state index in [-0.39, 0.29) is 11.7 Å². The molecule has 0 bridgehead atoms. The van der Waals surface area contributed by atoms with Gasteiger partial charge in [-0.3, -0.25) is 9.59 Å². The summed E-state index contributed by atoms with van der Waals surface area (Å²) in [4.78, 5) is 24.7. The summed E-state index contributed by atoms with van der Waals surface area (Å²) in [6.45, 7) is 1.94. The number of carbonyl (C=O) groups excluding carboxylic acids is 2. The third-order valence-corrected chi connectivity index (χ3v) is 4.26. The minimum Gasteiger partial charge on any atom is -0.496 e. The number of nitrogens with one attached hydrogen (secondary N) is 1. The van der Waals surface area contributed by atoms with Gasteiger partial charge in [-0.2, -0.15) is 0 Å². The topological polar surface area (TPSA) is 55.4 Å². The average Bonchev–Trinajstić information content (AvgIpc) is 2.72. The maximum atomic E-state index is 12.4. The summed E-state index contributed by atoms with van der Waals surface area (Å²) in [5.74, 6) is 0.405. The van der Waals surface area contributed by atoms with Crippen LogP contribution in [0.3, 0.4) is 0 Å². The molecule has 0 unspecified atom stereocenters. The molecule has 3 aromatic rings. The molecule has 0 aromatic heterocycles. The first kappa shape index (κ1) is 19.1. The Bertz CT molecular complexity index is 1020. The van der Waals surface area contributed by atoms with Crippen LogP contribution in [-0.2, 0) is 0 Å². The third-order valence-electron chi connectivity index (χ3n) is 4.26. The molecule has 28 heavy (non-hydrogen) atoms. The lowest BCUT2D eigenvalue weighted by Crippen LogP contribution is -2.12. The van der Waals surface area contributed by atoms with Gasteiger partial charge >= 0.3 is 0 Å². The van der Waals surface area contributed by atoms with Crippen LogP contribution in [0.5, 0.6) is 5.75 Å². The number of ketones is 1. The highest BCUT2D eigenvalue weighted by Crippen LogP contribution is 2.19. The predicted octanol–water partition coefficient (Wildman–Crippen LogP) is 5.15. The minimum atomic E-state index is -0.182. The van der Waals surface area contributed by atoms with E-state index in [2.05, 4.69) is 5.32 Å². The Morgan fingerprint density at radius 1 is 0.893 bits per heavy atom. The Balaban J connectivity index is 1.67. The highest BCUT2D eigenvalue weighted by molar-refractivity contribution is 6.08. The summed E-state index contributed by atoms with van der Waals surface area (Å²) in [5, 5.41) is 2.84. The number of amides is 1. The van der Waals surface area contributed by atoms with Crippen LogP contribution in [0.4, 0.5) is 5.69 Å². The second kappa shape index (κ2) is 8.82. The molecule has 3 rings (SSSR count). The van der Waals surface area contributed by atoms with Crippen molar-refractivity contribution in [3.05, 3.63) is 101 Å². The monoisotopic (exact) mass is 371 g/mol. The van der Waals surface area contributed by atoms with E-state index in [0.717, 1.165) is 11.1 Å². The molecule has 1 N–H and O–H groups in total. The Morgan fingerprint density at radius 3 is 2.36 bits per heavy atom. The van der Waals surface area contributed by atoms with Gasteiger partial charge in [0.05, 0.1) is 7.11 Å². The third kappa shape index (κ3) is 4.74. The van der Waals surface area contributed by atoms with Crippen molar-refractivity contribution in [1.82, 2.24) is 0 Å². The highest BCUT2D eigenvalue weighted by atomic mass is 16.5. The fraction of sp³-hybridized carbons (Fsp3) is 0.0833. The van der Waals surface area contributed by atoms with Gasteiger partial charge in [-0.1, -0.05) is 35.9 Å². The van der Waals surface area contributed by atoms with Crippen LogP contribution in [0.15, 0.2) is 78.9 Å². The summed E-state index contributed by atoms with van der Waals surface area (Å²) >= 11 is 0. The number of hydrogen-bond donors (Lipinski definition) is 1. The molecule has 0 aliphatic heterocycles. The molecule has 0 fully saturated rings. The summed E-state index contributed by atoms with van der Waals surface area (Å²) < 4.78 is 5.28. The average molecular weight is 371 g/mol. The van der Waals surface area contributed by atoms with Crippen LogP contribution < -0.4 is 10.1 Å². The van der Waals surface area contributed by atoms with E-state index in [4.69, 9.17) is 4.74 Å². The van der Waals surface area contributed by atoms with Crippen LogP contribution in [0.2, 0.25) is 0 Å². The van der Waals surface area contributed by atoms with Crippen molar-refractivity contribution in [3.8, 4) is 5.75 Å². The van der Waals surface area contributed by atoms with Gasteiger partial charge in [0.1, 0.15) is 5.75 Å². The first-order valence-electron chi connectivity index (χ1n) is 8.90. The molecule has 0 aliphatic rings. The summed E-state index contributed by atoms with van der Waals surface area (Å²) in [7, 11) is 1.60. The van der Waals surface area contributed by atoms with Crippen molar-refractivity contribution in [2.45, 2.75) is 6.92 Å². The van der Waals surface area contributed by atoms with E-state index < -0.39 is 0 Å². The number of anilines is 1. The zero-order valence-corrected chi connectivity index (χ0v) is 15.8. The second-order valence-electron chi connectivity index (χ2n) is 6.34. The molecule has 0 saturated carbocycles. The second-order valence-corrected chi connectivity index (χ2v) is 6.34. The van der Waals surface area contributed by atoms with Crippen molar-refractivity contribution in [2.24, 2.45) is 0 Å². The molecule has 0 saturated heterocycles. The largest absolute Gasteiger partial charge is 0.496 e. The molecular formula is C24H21NO3. The molecule has 0 heterocycles. The lowest BCUT2D eigenvalue weighted by atomic mass is 10.1. The number of aryl methyl sites for hydroxylation is 1. The lowest BCUT2D eigenvalue weighted by molar-refractivity contribution is 0.102. The van der Waals surface area contributed by atoms with Crippen molar-refractivity contribution < 1.29 is 14.3 Å². The van der Waals surface area contributed by atoms with Gasteiger partial charge < -0.3 is 10.1 Å². The van der Waals surface area contributed by atoms with Gasteiger partial charge in [-0.25, -0.2) is 0 Å². The van der Waals surface area contributed by atoms with Crippen molar-refractivity contribution in [3.63, 3.8) is 0 Å². The number of methoxy groups -OCH3 is 1. The van der Waals surface area contributed by atoms with Crippen LogP contribution >= 0.6 is 0 Å². The molecule has 4 heteroatoms. The van der Waals surface area contributed by atoms with Crippen molar-refractivity contribution in [1.29, 1.82) is 0 Å². The fourth-order valence-electron chi connectivity index (χ4n) is 2.77. The molecule has 0 aliphatic carbocycles. The van der Waals surface area contributed by atoms with E-state index >= 15 is 0 Å². The van der Waals surface area contributed by atoms with Crippen molar-refractivity contribution >= 4 is 23.5 Å². The first-order chi connectivity index (χ1) is 13.6. The minimum absolute atomic E-state index is 0.123. The van der Waals surface area contributed by atoms with E-state index in [1.165, 1.54) is 6.08 Å². The quantitative estimate of drug-likeness (QED) is 0.481. The van der Waals surface area contributed by atoms with Crippen LogP contribution in [0.25, 0.3) is 6.08 Å². The zero-order valence-electron chi connectivity index (χ0n) is 15.8. The smallest absolute Gasteiger partial charge is 0.255 e. The normalized spacial score (nSPS) is 10.6. The molecule has 140 valence electrons. The maximum Gasteiger partial charge on any atom is 0.255 e. The van der Waals surface area contributed by atoms with E-state index in [1.807, 2.05) is 49.4 Å². The number of rotatable bonds is 6. The van der Waals surface area contributed by atoms with Gasteiger partial charge in [0, 0.05) is 22.4 Å². The number of allylic oxidation sites excluding steroid dienone is 1. The van der Waals surface area contributed by atoms with E-state index in [0.29, 0.717) is 22.6 Å². The Kier molecular flexibility index (Phi) is 6.02. The van der Waals surface area contributed by atoms with Crippen LogP contribution in [-0.4, -0.2) is 18.8 Å². The van der Waals surface area contributed by atoms with Gasteiger partial charge in [0.2, 0.25) is 0 Å². The highest BCUT2D eigenvalue weighted by Gasteiger charge is 2.07. The summed E-state index contributed by atoms with van der Waals surface area (Å²) in [6.07, 6.45) is 3.24. The molecule has 1 amide bonds. The van der Waals surface area contributed by atoms with E-state index in [9.17, 15) is 9.59 Å². The number of carbonyl (C=O) groups is 2. The Morgan fingerprint density at radius 2 is 1.64 bits per heavy atom. The number of hydrogen-bond acceptors (Lipinski definition) is 3. The summed E-state index contributed by atoms with van der Waals surface area (Å²) in [5.41, 5.74) is 3.63. The van der Waals surface area contributed by atoms with Crippen LogP contribution in [0.1, 0.15) is 31.8 Å². The molecular weight excluding hydrogens is 350 g/mol. The SMILES string of the molecule is COc1ccccc1/C=C/C(=O)c1ccc(NC(=O)c2cccc(C)c2)cc1. The predicted molar refractivity (Wildman–Crippen MR) is 112 cm³/mol. The van der Waals surface area contributed by atoms with Gasteiger partial charge in [0.25, 0.3) is 5.91 Å². The van der Waals surface area contributed by atoms with Crippen LogP contribution in [0, 0.1) is 6.92 Å². The number of benzene rings is 3. The lowest BCUT2D eigenvalue weighted by Gasteiger charge is -2.06. The first-order valence-corrected chi connectivity index (χ1v) is 8.90. The number of ether oxygens (including phenoxy) is 1. The fourth-order valence-corrected chi connectivity index (χ4v) is 2.77. The van der Waals surface area contributed by atoms with Gasteiger partial charge in [-0.05, 0) is 61.5 Å². The van der Waals surface area contributed by atoms with Gasteiger partial charge in [-0.15, -0.1) is 0 Å². The molecule has 0 radical (unpaired) electrons. The Labute approximate surface area is 164 Å². The van der Waals surface area contributed by atoms with Gasteiger partial charge in [0.15, 0.2) is 5.78 Å². The standard InChI is InChI=1S/C24H21NO3/c1-17-6-5-8-20(16-17)24(27)25-21-13-10-18(11-14-21)22(26)15-12-19-7-3-4-9-23(19)28-2/h3-16H,1-2H3,(H,25,27)/b15-12+. The zero-order chi connectivity index (χ0) is 19.9. The molecule has 0 atom stereocenters. The molecule has 3 aromatic carbocycles. The Hall–Kier alpha value is -3.66. The molecule has 4 nitrogen and oxygen atoms in total. The number of para-hydroxylation sites is 1.